The molecule has 0 saturated carbocycles. The van der Waals surface area contributed by atoms with Crippen LogP contribution in [0.1, 0.15) is 39.3 Å². The van der Waals surface area contributed by atoms with Crippen LogP contribution in [-0.4, -0.2) is 154 Å². The molecule has 0 spiro atoms. The predicted molar refractivity (Wildman–Crippen MR) is 197 cm³/mol. The first kappa shape index (κ1) is 47.2. The van der Waals surface area contributed by atoms with E-state index in [9.17, 15) is 57.9 Å². The molecule has 2 aromatic heterocycles. The van der Waals surface area contributed by atoms with Gasteiger partial charge < -0.3 is 55.4 Å². The number of aliphatic hydroxyl groups excluding tert-OH is 2. The summed E-state index contributed by atoms with van der Waals surface area (Å²) in [5.41, 5.74) is 4.27. The van der Waals surface area contributed by atoms with Gasteiger partial charge in [0.05, 0.1) is 40.2 Å². The van der Waals surface area contributed by atoms with Gasteiger partial charge in [0.1, 0.15) is 36.3 Å². The van der Waals surface area contributed by atoms with Gasteiger partial charge in [0.15, 0.2) is 23.7 Å². The second-order valence-corrected chi connectivity index (χ2v) is 19.7. The summed E-state index contributed by atoms with van der Waals surface area (Å²) in [6.07, 6.45) is -5.09. The molecule has 2 aliphatic rings. The molecule has 2 aliphatic heterocycles. The van der Waals surface area contributed by atoms with Crippen molar-refractivity contribution in [2.75, 3.05) is 58.4 Å². The van der Waals surface area contributed by atoms with Crippen LogP contribution in [0.25, 0.3) is 11.2 Å². The zero-order valence-corrected chi connectivity index (χ0v) is 34.7. The molecule has 2 aromatic rings. The van der Waals surface area contributed by atoms with Crippen molar-refractivity contribution in [3.63, 3.8) is 0 Å². The summed E-state index contributed by atoms with van der Waals surface area (Å²) >= 11 is 1.15. The van der Waals surface area contributed by atoms with Crippen molar-refractivity contribution < 1.29 is 85.0 Å². The number of aliphatic hydroxyl groups is 2. The molecule has 322 valence electrons. The monoisotopic (exact) mass is 893 g/mol. The molecule has 0 aliphatic carbocycles. The number of thioether (sulfide) groups is 1. The van der Waals surface area contributed by atoms with E-state index in [1.165, 1.54) is 13.8 Å². The van der Waals surface area contributed by atoms with Crippen LogP contribution in [0.3, 0.4) is 0 Å². The lowest BCUT2D eigenvalue weighted by molar-refractivity contribution is -0.892. The van der Waals surface area contributed by atoms with Crippen molar-refractivity contribution in [1.82, 2.24) is 30.2 Å². The molecule has 29 heteroatoms. The number of ether oxygens (including phenoxy) is 1. The molecule has 2 amide bonds. The number of amides is 2. The van der Waals surface area contributed by atoms with Crippen LogP contribution in [0, 0.1) is 5.41 Å². The Morgan fingerprint density at radius 3 is 2.42 bits per heavy atom. The number of nitrogen functional groups attached to an aromatic ring is 1. The number of hydrogen-bond donors (Lipinski definition) is 9. The lowest BCUT2D eigenvalue weighted by Crippen LogP contribution is -2.47. The van der Waals surface area contributed by atoms with Crippen LogP contribution in [0.4, 0.5) is 5.82 Å². The van der Waals surface area contributed by atoms with Crippen LogP contribution in [0.5, 0.6) is 0 Å². The number of rotatable bonds is 20. The molecule has 0 radical (unpaired) electrons. The third kappa shape index (κ3) is 13.0. The number of aromatic nitrogens is 4. The summed E-state index contributed by atoms with van der Waals surface area (Å²) in [4.78, 5) is 88.3. The number of fused-ring (bicyclic) bond motifs is 1. The highest BCUT2D eigenvalue weighted by atomic mass is 32.2. The van der Waals surface area contributed by atoms with Gasteiger partial charge in [-0.25, -0.2) is 28.6 Å². The van der Waals surface area contributed by atoms with Crippen LogP contribution in [-0.2, 0) is 50.7 Å². The van der Waals surface area contributed by atoms with Gasteiger partial charge in [0.25, 0.3) is 0 Å². The third-order valence-corrected chi connectivity index (χ3v) is 13.1. The number of carbonyl (C=O) groups excluding carboxylic acids is 3. The zero-order valence-electron chi connectivity index (χ0n) is 31.2. The van der Waals surface area contributed by atoms with Gasteiger partial charge in [-0.2, -0.15) is 4.31 Å². The Morgan fingerprint density at radius 2 is 1.77 bits per heavy atom. The Hall–Kier alpha value is -2.48. The minimum absolute atomic E-state index is 0.0321. The van der Waals surface area contributed by atoms with Crippen LogP contribution >= 0.6 is 35.2 Å². The van der Waals surface area contributed by atoms with Crippen molar-refractivity contribution in [2.45, 2.75) is 69.8 Å². The maximum absolute atomic E-state index is 12.7. The highest BCUT2D eigenvalue weighted by molar-refractivity contribution is 8.13. The number of anilines is 1. The molecule has 2 fully saturated rings. The van der Waals surface area contributed by atoms with Gasteiger partial charge in [-0.05, 0) is 0 Å². The molecule has 25 nitrogen and oxygen atoms in total. The second kappa shape index (κ2) is 18.8. The molecule has 10 N–H and O–H groups in total. The van der Waals surface area contributed by atoms with Crippen molar-refractivity contribution >= 4 is 69.1 Å². The molecule has 57 heavy (non-hydrogen) atoms. The number of nitrogens with two attached hydrogens (primary N) is 1. The summed E-state index contributed by atoms with van der Waals surface area (Å²) in [5.74, 6) is -1.05. The SMILES string of the molecule is CC(C)(COP(=O)(O)OP(=O)(O)OCC1OC(n2cnc3c(N)ncnc32)C(O)C1OP(=O)(O)O)C(O)C(=O)NCCC(=O)NCCSC(=O)C1CCC[N+]1(C)C. The summed E-state index contributed by atoms with van der Waals surface area (Å²) < 4.78 is 62.8. The fraction of sp³-hybridized carbons (Fsp3) is 0.714. The normalized spacial score (nSPS) is 25.1. The number of phosphoric ester groups is 3. The summed E-state index contributed by atoms with van der Waals surface area (Å²) in [6.45, 7) is 1.47. The van der Waals surface area contributed by atoms with Gasteiger partial charge in [-0.15, -0.1) is 0 Å². The number of carbonyl (C=O) groups is 3. The van der Waals surface area contributed by atoms with E-state index in [-0.39, 0.29) is 47.6 Å². The molecular weight excluding hydrogens is 845 g/mol. The lowest BCUT2D eigenvalue weighted by atomic mass is 9.87. The van der Waals surface area contributed by atoms with Gasteiger partial charge in [0.2, 0.25) is 16.9 Å². The van der Waals surface area contributed by atoms with E-state index >= 15 is 0 Å². The molecular formula is C28H48N8O17P3S+. The average molecular weight is 894 g/mol. The van der Waals surface area contributed by atoms with E-state index in [0.717, 1.165) is 48.4 Å². The Bertz CT molecular complexity index is 1920. The Labute approximate surface area is 330 Å². The number of phosphoric acid groups is 3. The Kier molecular flexibility index (Phi) is 15.6. The van der Waals surface area contributed by atoms with Gasteiger partial charge in [-0.1, -0.05) is 25.6 Å². The molecule has 0 bridgehead atoms. The van der Waals surface area contributed by atoms with Crippen molar-refractivity contribution in [3.05, 3.63) is 12.7 Å². The lowest BCUT2D eigenvalue weighted by Gasteiger charge is -2.30. The first-order valence-electron chi connectivity index (χ1n) is 17.2. The van der Waals surface area contributed by atoms with Crippen molar-refractivity contribution in [2.24, 2.45) is 5.41 Å². The predicted octanol–water partition coefficient (Wildman–Crippen LogP) is -1.10. The minimum atomic E-state index is -5.57. The molecule has 0 aromatic carbocycles. The molecule has 8 atom stereocenters. The van der Waals surface area contributed by atoms with Gasteiger partial charge >= 0.3 is 23.5 Å². The largest absolute Gasteiger partial charge is 0.481 e. The number of nitrogens with zero attached hydrogens (tertiary/aromatic N) is 5. The van der Waals surface area contributed by atoms with Gasteiger partial charge in [-0.3, -0.25) is 32.5 Å². The van der Waals surface area contributed by atoms with E-state index in [4.69, 9.17) is 19.5 Å². The highest BCUT2D eigenvalue weighted by Crippen LogP contribution is 2.61. The molecule has 8 unspecified atom stereocenters. The fourth-order valence-corrected chi connectivity index (χ4v) is 9.81. The Balaban J connectivity index is 1.22. The number of likely N-dealkylation sites (tertiary alicyclic amines) is 1. The maximum Gasteiger partial charge on any atom is 0.481 e. The summed E-state index contributed by atoms with van der Waals surface area (Å²) in [6, 6.07) is -0.0808. The second-order valence-electron chi connectivity index (χ2n) is 14.4. The van der Waals surface area contributed by atoms with E-state index < -0.39 is 84.6 Å². The molecule has 4 heterocycles. The third-order valence-electron chi connectivity index (χ3n) is 9.07. The number of imidazole rings is 1. The quantitative estimate of drug-likeness (QED) is 0.0433. The summed E-state index contributed by atoms with van der Waals surface area (Å²) in [5, 5.41) is 26.6. The van der Waals surface area contributed by atoms with E-state index in [0.29, 0.717) is 10.2 Å². The maximum atomic E-state index is 12.7. The number of likely N-dealkylation sites (N-methyl/N-ethyl adjacent to an activating group) is 1. The number of nitrogens with one attached hydrogen (secondary N) is 2. The van der Waals surface area contributed by atoms with Crippen LogP contribution < -0.4 is 16.4 Å². The smallest absolute Gasteiger partial charge is 0.386 e. The number of hydrogen-bond acceptors (Lipinski definition) is 18. The van der Waals surface area contributed by atoms with Crippen molar-refractivity contribution in [3.8, 4) is 0 Å². The number of quaternary nitrogens is 1. The first-order chi connectivity index (χ1) is 26.3. The minimum Gasteiger partial charge on any atom is -0.386 e. The van der Waals surface area contributed by atoms with Crippen LogP contribution in [0.2, 0.25) is 0 Å². The van der Waals surface area contributed by atoms with Crippen LogP contribution in [0.15, 0.2) is 12.7 Å². The van der Waals surface area contributed by atoms with E-state index in [2.05, 4.69) is 34.4 Å². The summed E-state index contributed by atoms with van der Waals surface area (Å²) in [7, 11) is -12.4. The fourth-order valence-electron chi connectivity index (χ4n) is 5.98. The molecule has 2 saturated heterocycles. The zero-order chi connectivity index (χ0) is 42.6. The first-order valence-corrected chi connectivity index (χ1v) is 22.7. The average Bonchev–Trinajstić information content (AvgIpc) is 3.78. The highest BCUT2D eigenvalue weighted by Gasteiger charge is 2.50. The van der Waals surface area contributed by atoms with Gasteiger partial charge in [0, 0.05) is 43.5 Å². The Morgan fingerprint density at radius 1 is 1.09 bits per heavy atom. The van der Waals surface area contributed by atoms with Crippen molar-refractivity contribution in [1.29, 1.82) is 0 Å². The van der Waals surface area contributed by atoms with E-state index in [1.807, 2.05) is 14.1 Å². The molecule has 4 rings (SSSR count). The topological polar surface area (TPSA) is 364 Å². The standard InChI is InChI=1S/C28H47N8O17P3S/c1-28(2,22(39)25(40)31-8-7-18(37)30-9-11-57-27(41)16-6-5-10-36(16,3)4)13-50-56(47,48)53-55(45,46)49-12-17-21(52-54(42,43)44)20(38)26(51-17)35-15-34-19-23(29)32-14-33-24(19)35/h14-17,20-22,26,38-39H,5-13H2,1-4H3,(H7-,29,30,31,32,33,37,40,42,43,44,45,46,47,48)/p+1. The van der Waals surface area contributed by atoms with E-state index in [1.54, 1.807) is 0 Å².